The van der Waals surface area contributed by atoms with Crippen LogP contribution < -0.4 is 0 Å². The molecule has 9 heavy (non-hydrogen) atoms. The van der Waals surface area contributed by atoms with E-state index in [-0.39, 0.29) is 5.83 Å². The molecule has 0 aromatic rings. The average molecular weight is 124 g/mol. The van der Waals surface area contributed by atoms with Gasteiger partial charge in [0.1, 0.15) is 5.83 Å². The Kier molecular flexibility index (Phi) is 1.52. The fourth-order valence-corrected chi connectivity index (χ4v) is 0.734. The zero-order valence-corrected chi connectivity index (χ0v) is 5.45. The quantitative estimate of drug-likeness (QED) is 0.465. The fourth-order valence-electron chi connectivity index (χ4n) is 0.734. The largest absolute Gasteiger partial charge is 0.207 e. The molecule has 0 aliphatic heterocycles. The third-order valence-electron chi connectivity index (χ3n) is 1.38. The molecule has 0 fully saturated rings. The maximum Gasteiger partial charge on any atom is 0.126 e. The van der Waals surface area contributed by atoms with Gasteiger partial charge in [-0.2, -0.15) is 0 Å². The normalized spacial score (nSPS) is 19.1. The second-order valence-corrected chi connectivity index (χ2v) is 2.24. The minimum atomic E-state index is -0.147. The minimum absolute atomic E-state index is 0.147. The summed E-state index contributed by atoms with van der Waals surface area (Å²) in [7, 11) is 0. The highest BCUT2D eigenvalue weighted by Gasteiger charge is 2.03. The van der Waals surface area contributed by atoms with Crippen LogP contribution in [0.1, 0.15) is 13.3 Å². The van der Waals surface area contributed by atoms with Crippen molar-refractivity contribution < 1.29 is 4.39 Å². The van der Waals surface area contributed by atoms with Gasteiger partial charge in [-0.1, -0.05) is 12.7 Å². The lowest BCUT2D eigenvalue weighted by Crippen LogP contribution is -1.87. The predicted octanol–water partition coefficient (Wildman–Crippen LogP) is 2.75. The number of halogens is 1. The van der Waals surface area contributed by atoms with Crippen molar-refractivity contribution in [3.63, 3.8) is 0 Å². The van der Waals surface area contributed by atoms with Crippen LogP contribution in [0.25, 0.3) is 0 Å². The molecule has 0 N–H and O–H groups in total. The number of hydrogen-bond acceptors (Lipinski definition) is 0. The van der Waals surface area contributed by atoms with E-state index in [1.807, 2.05) is 6.08 Å². The molecule has 1 aliphatic rings. The van der Waals surface area contributed by atoms with E-state index in [1.54, 1.807) is 6.92 Å². The lowest BCUT2D eigenvalue weighted by atomic mass is 10.0. The highest BCUT2D eigenvalue weighted by molar-refractivity contribution is 5.36. The molecule has 1 aliphatic carbocycles. The van der Waals surface area contributed by atoms with Gasteiger partial charge in [0.05, 0.1) is 0 Å². The van der Waals surface area contributed by atoms with Crippen molar-refractivity contribution in [2.75, 3.05) is 0 Å². The highest BCUT2D eigenvalue weighted by atomic mass is 19.1. The highest BCUT2D eigenvalue weighted by Crippen LogP contribution is 2.21. The van der Waals surface area contributed by atoms with E-state index in [0.717, 1.165) is 17.6 Å². The first-order valence-corrected chi connectivity index (χ1v) is 2.92. The molecule has 0 aromatic heterocycles. The van der Waals surface area contributed by atoms with Crippen LogP contribution in [0.15, 0.2) is 35.7 Å². The molecule has 0 spiro atoms. The Bertz CT molecular complexity index is 197. The molecule has 0 amide bonds. The van der Waals surface area contributed by atoms with Crippen molar-refractivity contribution in [3.8, 4) is 0 Å². The van der Waals surface area contributed by atoms with Gasteiger partial charge in [0.15, 0.2) is 0 Å². The van der Waals surface area contributed by atoms with Crippen LogP contribution in [-0.4, -0.2) is 0 Å². The molecular formula is C8H9F. The molecular weight excluding hydrogens is 115 g/mol. The van der Waals surface area contributed by atoms with E-state index >= 15 is 0 Å². The molecule has 0 saturated carbocycles. The van der Waals surface area contributed by atoms with Crippen LogP contribution in [0.2, 0.25) is 0 Å². The minimum Gasteiger partial charge on any atom is -0.207 e. The zero-order valence-electron chi connectivity index (χ0n) is 5.45. The molecule has 1 heteroatoms. The monoisotopic (exact) mass is 124 g/mol. The summed E-state index contributed by atoms with van der Waals surface area (Å²) >= 11 is 0. The smallest absolute Gasteiger partial charge is 0.126 e. The Balaban J connectivity index is 2.87. The van der Waals surface area contributed by atoms with Gasteiger partial charge in [0.2, 0.25) is 0 Å². The first-order valence-electron chi connectivity index (χ1n) is 2.92. The van der Waals surface area contributed by atoms with Gasteiger partial charge in [-0.25, -0.2) is 4.39 Å². The van der Waals surface area contributed by atoms with Crippen molar-refractivity contribution in [2.24, 2.45) is 0 Å². The predicted molar refractivity (Wildman–Crippen MR) is 36.7 cm³/mol. The summed E-state index contributed by atoms with van der Waals surface area (Å²) in [5.41, 5.74) is 1.57. The van der Waals surface area contributed by atoms with Gasteiger partial charge >= 0.3 is 0 Å². The van der Waals surface area contributed by atoms with E-state index in [4.69, 9.17) is 0 Å². The summed E-state index contributed by atoms with van der Waals surface area (Å²) in [6.45, 7) is 5.40. The summed E-state index contributed by atoms with van der Waals surface area (Å²) in [5.74, 6) is -0.147. The molecule has 0 saturated heterocycles. The Morgan fingerprint density at radius 3 is 2.78 bits per heavy atom. The Morgan fingerprint density at radius 1 is 1.67 bits per heavy atom. The number of allylic oxidation sites excluding steroid dienone is 5. The maximum atomic E-state index is 12.6. The molecule has 0 heterocycles. The molecule has 1 rings (SSSR count). The van der Waals surface area contributed by atoms with Gasteiger partial charge in [-0.05, 0) is 30.6 Å². The van der Waals surface area contributed by atoms with Gasteiger partial charge in [0.25, 0.3) is 0 Å². The van der Waals surface area contributed by atoms with Crippen molar-refractivity contribution in [2.45, 2.75) is 13.3 Å². The standard InChI is InChI=1S/C8H9F/c1-6-3-4-7(2)8(9)5-6/h4-5H,1,3H2,2H3. The topological polar surface area (TPSA) is 0 Å². The van der Waals surface area contributed by atoms with Crippen LogP contribution >= 0.6 is 0 Å². The molecule has 0 nitrogen and oxygen atoms in total. The second kappa shape index (κ2) is 2.18. The lowest BCUT2D eigenvalue weighted by Gasteiger charge is -2.05. The SMILES string of the molecule is C=C1C=C(F)C(C)=CC1. The molecule has 0 unspecified atom stereocenters. The molecule has 0 radical (unpaired) electrons. The summed E-state index contributed by atoms with van der Waals surface area (Å²) in [6, 6.07) is 0. The van der Waals surface area contributed by atoms with Crippen molar-refractivity contribution in [1.29, 1.82) is 0 Å². The van der Waals surface area contributed by atoms with E-state index in [9.17, 15) is 4.39 Å². The van der Waals surface area contributed by atoms with E-state index < -0.39 is 0 Å². The lowest BCUT2D eigenvalue weighted by molar-refractivity contribution is 0.645. The van der Waals surface area contributed by atoms with Crippen molar-refractivity contribution in [3.05, 3.63) is 35.7 Å². The molecule has 0 atom stereocenters. The summed E-state index contributed by atoms with van der Waals surface area (Å²) in [4.78, 5) is 0. The first kappa shape index (κ1) is 6.27. The maximum absolute atomic E-state index is 12.6. The van der Waals surface area contributed by atoms with Crippen molar-refractivity contribution in [1.82, 2.24) is 0 Å². The van der Waals surface area contributed by atoms with Gasteiger partial charge < -0.3 is 0 Å². The number of hydrogen-bond donors (Lipinski definition) is 0. The van der Waals surface area contributed by atoms with E-state index in [2.05, 4.69) is 6.58 Å². The molecule has 0 aromatic carbocycles. The van der Waals surface area contributed by atoms with Crippen LogP contribution in [-0.2, 0) is 0 Å². The van der Waals surface area contributed by atoms with Gasteiger partial charge in [0, 0.05) is 0 Å². The van der Waals surface area contributed by atoms with Crippen LogP contribution in [0.3, 0.4) is 0 Å². The van der Waals surface area contributed by atoms with Crippen LogP contribution in [0.4, 0.5) is 4.39 Å². The molecule has 48 valence electrons. The Morgan fingerprint density at radius 2 is 2.33 bits per heavy atom. The Hall–Kier alpha value is -0.850. The summed E-state index contributed by atoms with van der Waals surface area (Å²) < 4.78 is 12.6. The zero-order chi connectivity index (χ0) is 6.85. The molecule has 0 bridgehead atoms. The van der Waals surface area contributed by atoms with Crippen LogP contribution in [0.5, 0.6) is 0 Å². The first-order chi connectivity index (χ1) is 4.20. The third kappa shape index (κ3) is 1.28. The van der Waals surface area contributed by atoms with Gasteiger partial charge in [-0.15, -0.1) is 0 Å². The summed E-state index contributed by atoms with van der Waals surface area (Å²) in [5, 5.41) is 0. The Labute approximate surface area is 54.4 Å². The third-order valence-corrected chi connectivity index (χ3v) is 1.38. The van der Waals surface area contributed by atoms with Crippen molar-refractivity contribution >= 4 is 0 Å². The average Bonchev–Trinajstić information content (AvgIpc) is 1.80. The van der Waals surface area contributed by atoms with Crippen LogP contribution in [0, 0.1) is 0 Å². The van der Waals surface area contributed by atoms with E-state index in [1.165, 1.54) is 6.08 Å². The van der Waals surface area contributed by atoms with Gasteiger partial charge in [-0.3, -0.25) is 0 Å². The summed E-state index contributed by atoms with van der Waals surface area (Å²) in [6.07, 6.45) is 4.12. The fraction of sp³-hybridized carbons (Fsp3) is 0.250. The second-order valence-electron chi connectivity index (χ2n) is 2.24. The number of rotatable bonds is 0. The van der Waals surface area contributed by atoms with E-state index in [0.29, 0.717) is 0 Å².